The molecule has 0 saturated carbocycles. The quantitative estimate of drug-likeness (QED) is 0.488. The minimum Gasteiger partial charge on any atom is -0.317 e. The standard InChI is InChI=1S/C5H4N2OS/c8-4-3-7-1-2-9-5(7)6-4/h1-2H,3H2. The van der Waals surface area contributed by atoms with Gasteiger partial charge in [-0.2, -0.15) is 4.99 Å². The molecule has 2 rings (SSSR count). The number of aliphatic imine (C=N–C) groups is 1. The minimum atomic E-state index is -0.0400. The van der Waals surface area contributed by atoms with Gasteiger partial charge in [-0.15, -0.1) is 0 Å². The van der Waals surface area contributed by atoms with Crippen molar-refractivity contribution < 1.29 is 4.79 Å². The summed E-state index contributed by atoms with van der Waals surface area (Å²) in [4.78, 5) is 16.2. The second-order valence-electron chi connectivity index (χ2n) is 1.82. The number of amides is 1. The predicted molar refractivity (Wildman–Crippen MR) is 35.9 cm³/mol. The van der Waals surface area contributed by atoms with Gasteiger partial charge in [-0.1, -0.05) is 11.8 Å². The van der Waals surface area contributed by atoms with E-state index in [9.17, 15) is 4.79 Å². The van der Waals surface area contributed by atoms with Gasteiger partial charge in [0.2, 0.25) is 0 Å². The van der Waals surface area contributed by atoms with Crippen LogP contribution >= 0.6 is 11.8 Å². The molecule has 0 N–H and O–H groups in total. The Bertz CT molecular complexity index is 221. The monoisotopic (exact) mass is 140 g/mol. The van der Waals surface area contributed by atoms with Crippen LogP contribution in [-0.2, 0) is 4.79 Å². The molecule has 2 aliphatic heterocycles. The average molecular weight is 140 g/mol. The van der Waals surface area contributed by atoms with E-state index in [0.29, 0.717) is 6.54 Å². The van der Waals surface area contributed by atoms with E-state index in [1.54, 1.807) is 0 Å². The molecule has 0 fully saturated rings. The van der Waals surface area contributed by atoms with Crippen LogP contribution < -0.4 is 0 Å². The Morgan fingerprint density at radius 3 is 3.44 bits per heavy atom. The fourth-order valence-electron chi connectivity index (χ4n) is 0.795. The van der Waals surface area contributed by atoms with E-state index >= 15 is 0 Å². The first-order chi connectivity index (χ1) is 4.36. The normalized spacial score (nSPS) is 22.9. The number of thioether (sulfide) groups is 1. The highest BCUT2D eigenvalue weighted by molar-refractivity contribution is 8.16. The topological polar surface area (TPSA) is 32.7 Å². The zero-order valence-corrected chi connectivity index (χ0v) is 5.39. The van der Waals surface area contributed by atoms with Crippen LogP contribution in [-0.4, -0.2) is 22.5 Å². The largest absolute Gasteiger partial charge is 0.317 e. The number of rotatable bonds is 0. The molecule has 0 saturated heterocycles. The zero-order valence-electron chi connectivity index (χ0n) is 4.57. The Kier molecular flexibility index (Phi) is 0.900. The van der Waals surface area contributed by atoms with Gasteiger partial charge in [0, 0.05) is 6.20 Å². The van der Waals surface area contributed by atoms with Gasteiger partial charge in [0.25, 0.3) is 5.91 Å². The maximum Gasteiger partial charge on any atom is 0.268 e. The first kappa shape index (κ1) is 5.05. The highest BCUT2D eigenvalue weighted by Gasteiger charge is 2.23. The van der Waals surface area contributed by atoms with Crippen LogP contribution in [0.25, 0.3) is 0 Å². The van der Waals surface area contributed by atoms with Crippen molar-refractivity contribution in [2.75, 3.05) is 6.54 Å². The van der Waals surface area contributed by atoms with Crippen molar-refractivity contribution in [3.63, 3.8) is 0 Å². The highest BCUT2D eigenvalue weighted by Crippen LogP contribution is 2.22. The second kappa shape index (κ2) is 1.60. The summed E-state index contributed by atoms with van der Waals surface area (Å²) in [6.45, 7) is 0.429. The van der Waals surface area contributed by atoms with Crippen molar-refractivity contribution >= 4 is 22.8 Å². The second-order valence-corrected chi connectivity index (χ2v) is 2.69. The van der Waals surface area contributed by atoms with Gasteiger partial charge in [0.1, 0.15) is 6.54 Å². The maximum absolute atomic E-state index is 10.6. The van der Waals surface area contributed by atoms with Gasteiger partial charge in [-0.3, -0.25) is 4.79 Å². The lowest BCUT2D eigenvalue weighted by Crippen LogP contribution is -2.16. The van der Waals surface area contributed by atoms with Crippen LogP contribution in [0.4, 0.5) is 0 Å². The van der Waals surface area contributed by atoms with E-state index in [2.05, 4.69) is 4.99 Å². The average Bonchev–Trinajstić information content (AvgIpc) is 2.22. The van der Waals surface area contributed by atoms with E-state index in [1.807, 2.05) is 16.5 Å². The molecular formula is C5H4N2OS. The molecule has 0 atom stereocenters. The fraction of sp³-hybridized carbons (Fsp3) is 0.200. The molecule has 0 aromatic rings. The van der Waals surface area contributed by atoms with E-state index in [0.717, 1.165) is 5.17 Å². The predicted octanol–water partition coefficient (Wildman–Crippen LogP) is 0.403. The van der Waals surface area contributed by atoms with Crippen molar-refractivity contribution in [1.29, 1.82) is 0 Å². The van der Waals surface area contributed by atoms with Gasteiger partial charge >= 0.3 is 0 Å². The molecule has 9 heavy (non-hydrogen) atoms. The summed E-state index contributed by atoms with van der Waals surface area (Å²) in [5, 5.41) is 2.74. The van der Waals surface area contributed by atoms with Crippen LogP contribution in [0.2, 0.25) is 0 Å². The molecule has 2 heterocycles. The summed E-state index contributed by atoms with van der Waals surface area (Å²) >= 11 is 1.49. The van der Waals surface area contributed by atoms with Crippen LogP contribution in [0, 0.1) is 0 Å². The smallest absolute Gasteiger partial charge is 0.268 e. The molecule has 1 amide bonds. The number of fused-ring (bicyclic) bond motifs is 1. The number of carbonyl (C=O) groups excluding carboxylic acids is 1. The maximum atomic E-state index is 10.6. The van der Waals surface area contributed by atoms with Crippen molar-refractivity contribution in [2.45, 2.75) is 0 Å². The lowest BCUT2D eigenvalue weighted by atomic mass is 10.6. The van der Waals surface area contributed by atoms with Gasteiger partial charge in [0.05, 0.1) is 0 Å². The summed E-state index contributed by atoms with van der Waals surface area (Å²) in [6.07, 6.45) is 1.87. The molecule has 0 aromatic carbocycles. The van der Waals surface area contributed by atoms with E-state index < -0.39 is 0 Å². The van der Waals surface area contributed by atoms with Crippen molar-refractivity contribution in [2.24, 2.45) is 4.99 Å². The van der Waals surface area contributed by atoms with E-state index in [4.69, 9.17) is 0 Å². The molecule has 0 spiro atoms. The zero-order chi connectivity index (χ0) is 6.27. The van der Waals surface area contributed by atoms with Crippen LogP contribution in [0.3, 0.4) is 0 Å². The lowest BCUT2D eigenvalue weighted by molar-refractivity contribution is -0.116. The Balaban J connectivity index is 2.33. The molecule has 0 aliphatic carbocycles. The van der Waals surface area contributed by atoms with Crippen LogP contribution in [0.5, 0.6) is 0 Å². The third kappa shape index (κ3) is 0.666. The molecule has 3 nitrogen and oxygen atoms in total. The molecule has 0 aromatic heterocycles. The summed E-state index contributed by atoms with van der Waals surface area (Å²) in [6, 6.07) is 0. The van der Waals surface area contributed by atoms with Gasteiger partial charge in [-0.25, -0.2) is 0 Å². The molecular weight excluding hydrogens is 136 g/mol. The molecule has 4 heteroatoms. The Hall–Kier alpha value is -0.770. The number of hydrogen-bond donors (Lipinski definition) is 0. The molecule has 0 unspecified atom stereocenters. The third-order valence-electron chi connectivity index (χ3n) is 1.19. The number of nitrogens with zero attached hydrogens (tertiary/aromatic N) is 2. The van der Waals surface area contributed by atoms with Crippen LogP contribution in [0.1, 0.15) is 0 Å². The molecule has 46 valence electrons. The van der Waals surface area contributed by atoms with Crippen LogP contribution in [0.15, 0.2) is 16.6 Å². The first-order valence-electron chi connectivity index (χ1n) is 2.58. The molecule has 2 aliphatic rings. The van der Waals surface area contributed by atoms with E-state index in [1.165, 1.54) is 11.8 Å². The van der Waals surface area contributed by atoms with Crippen molar-refractivity contribution in [3.8, 4) is 0 Å². The number of amidine groups is 1. The fourth-order valence-corrected chi connectivity index (χ4v) is 1.54. The Morgan fingerprint density at radius 1 is 1.78 bits per heavy atom. The summed E-state index contributed by atoms with van der Waals surface area (Å²) in [5.41, 5.74) is 0. The Labute approximate surface area is 56.4 Å². The van der Waals surface area contributed by atoms with Gasteiger partial charge in [-0.05, 0) is 5.41 Å². The Morgan fingerprint density at radius 2 is 2.67 bits per heavy atom. The summed E-state index contributed by atoms with van der Waals surface area (Å²) in [5.74, 6) is -0.0400. The van der Waals surface area contributed by atoms with Crippen molar-refractivity contribution in [1.82, 2.24) is 4.90 Å². The SMILES string of the molecule is O=C1CN2C=CSC2=N1. The number of carbonyl (C=O) groups is 1. The summed E-state index contributed by atoms with van der Waals surface area (Å²) in [7, 11) is 0. The lowest BCUT2D eigenvalue weighted by Gasteiger charge is -2.02. The highest BCUT2D eigenvalue weighted by atomic mass is 32.2. The van der Waals surface area contributed by atoms with E-state index in [-0.39, 0.29) is 5.91 Å². The van der Waals surface area contributed by atoms with Crippen molar-refractivity contribution in [3.05, 3.63) is 11.6 Å². The third-order valence-corrected chi connectivity index (χ3v) is 1.98. The number of hydrogen-bond acceptors (Lipinski definition) is 3. The van der Waals surface area contributed by atoms with Gasteiger partial charge in [0.15, 0.2) is 5.17 Å². The minimum absolute atomic E-state index is 0.0400. The first-order valence-corrected chi connectivity index (χ1v) is 3.46. The molecule has 0 radical (unpaired) electrons. The van der Waals surface area contributed by atoms with Gasteiger partial charge < -0.3 is 4.90 Å². The summed E-state index contributed by atoms with van der Waals surface area (Å²) < 4.78 is 0. The molecule has 0 bridgehead atoms.